The molecule has 3 aromatic carbocycles. The summed E-state index contributed by atoms with van der Waals surface area (Å²) in [5, 5.41) is 0.718. The zero-order chi connectivity index (χ0) is 20.8. The molecule has 1 heterocycles. The van der Waals surface area contributed by atoms with Gasteiger partial charge in [0, 0.05) is 35.6 Å². The Balaban J connectivity index is 1.38. The van der Waals surface area contributed by atoms with E-state index in [-0.39, 0.29) is 0 Å². The van der Waals surface area contributed by atoms with Crippen LogP contribution in [0.3, 0.4) is 0 Å². The molecule has 1 saturated heterocycles. The van der Waals surface area contributed by atoms with Crippen molar-refractivity contribution in [1.29, 1.82) is 0 Å². The quantitative estimate of drug-likeness (QED) is 0.284. The third-order valence-corrected chi connectivity index (χ3v) is 6.10. The van der Waals surface area contributed by atoms with Gasteiger partial charge < -0.3 is 14.4 Å². The van der Waals surface area contributed by atoms with E-state index in [1.165, 1.54) is 5.69 Å². The number of morpholine rings is 1. The molecule has 3 aromatic rings. The van der Waals surface area contributed by atoms with Crippen molar-refractivity contribution < 1.29 is 9.47 Å². The number of aliphatic imine (C=N–C) groups is 1. The van der Waals surface area contributed by atoms with Crippen LogP contribution in [-0.4, -0.2) is 32.5 Å². The van der Waals surface area contributed by atoms with Gasteiger partial charge in [-0.25, -0.2) is 0 Å². The van der Waals surface area contributed by atoms with E-state index < -0.39 is 0 Å². The average Bonchev–Trinajstić information content (AvgIpc) is 2.79. The summed E-state index contributed by atoms with van der Waals surface area (Å²) in [6, 6.07) is 22.1. The summed E-state index contributed by atoms with van der Waals surface area (Å²) in [5.41, 5.74) is 4.15. The van der Waals surface area contributed by atoms with E-state index in [4.69, 9.17) is 21.1 Å². The van der Waals surface area contributed by atoms with Crippen molar-refractivity contribution in [2.75, 3.05) is 31.2 Å². The van der Waals surface area contributed by atoms with Gasteiger partial charge in [-0.15, -0.1) is 0 Å². The van der Waals surface area contributed by atoms with Crippen LogP contribution in [0, 0.1) is 3.57 Å². The number of benzene rings is 3. The smallest absolute Gasteiger partial charge is 0.133 e. The van der Waals surface area contributed by atoms with Crippen molar-refractivity contribution in [2.24, 2.45) is 4.99 Å². The first-order valence-electron chi connectivity index (χ1n) is 9.81. The van der Waals surface area contributed by atoms with Crippen molar-refractivity contribution in [1.82, 2.24) is 0 Å². The molecule has 6 heteroatoms. The molecule has 0 aliphatic carbocycles. The minimum Gasteiger partial charge on any atom is -0.488 e. The van der Waals surface area contributed by atoms with Crippen LogP contribution in [0.1, 0.15) is 11.1 Å². The average molecular weight is 533 g/mol. The molecular formula is C24H22ClIN2O2. The Bertz CT molecular complexity index is 1020. The zero-order valence-corrected chi connectivity index (χ0v) is 19.3. The van der Waals surface area contributed by atoms with E-state index in [0.717, 1.165) is 57.5 Å². The fourth-order valence-corrected chi connectivity index (χ4v) is 4.09. The first-order chi connectivity index (χ1) is 14.7. The van der Waals surface area contributed by atoms with Gasteiger partial charge in [0.15, 0.2) is 0 Å². The summed E-state index contributed by atoms with van der Waals surface area (Å²) >= 11 is 8.49. The Morgan fingerprint density at radius 3 is 2.53 bits per heavy atom. The SMILES string of the molecule is Clc1ccccc1COc1ccc(C=Nc2ccc(N3CCOCC3)cc2)cc1I. The molecule has 1 aliphatic rings. The number of ether oxygens (including phenoxy) is 2. The predicted octanol–water partition coefficient (Wildman–Crippen LogP) is 6.11. The maximum absolute atomic E-state index is 6.20. The molecule has 4 rings (SSSR count). The van der Waals surface area contributed by atoms with Crippen LogP contribution in [0.2, 0.25) is 5.02 Å². The molecule has 1 fully saturated rings. The van der Waals surface area contributed by atoms with Gasteiger partial charge in [-0.1, -0.05) is 29.8 Å². The van der Waals surface area contributed by atoms with Crippen LogP contribution in [0.4, 0.5) is 11.4 Å². The summed E-state index contributed by atoms with van der Waals surface area (Å²) in [5.74, 6) is 0.836. The normalized spacial score (nSPS) is 14.3. The van der Waals surface area contributed by atoms with E-state index >= 15 is 0 Å². The highest BCUT2D eigenvalue weighted by atomic mass is 127. The van der Waals surface area contributed by atoms with E-state index in [2.05, 4.69) is 50.7 Å². The standard InChI is InChI=1S/C24H22ClIN2O2/c25-22-4-2-1-3-19(22)17-30-24-10-5-18(15-23(24)26)16-27-20-6-8-21(9-7-20)28-11-13-29-14-12-28/h1-10,15-16H,11-14,17H2. The van der Waals surface area contributed by atoms with Crippen LogP contribution in [-0.2, 0) is 11.3 Å². The molecule has 0 saturated carbocycles. The minimum absolute atomic E-state index is 0.443. The molecule has 0 spiro atoms. The molecule has 0 amide bonds. The third-order valence-electron chi connectivity index (χ3n) is 4.89. The first-order valence-corrected chi connectivity index (χ1v) is 11.3. The lowest BCUT2D eigenvalue weighted by atomic mass is 10.2. The lowest BCUT2D eigenvalue weighted by Crippen LogP contribution is -2.36. The fourth-order valence-electron chi connectivity index (χ4n) is 3.21. The van der Waals surface area contributed by atoms with Crippen LogP contribution in [0.15, 0.2) is 71.7 Å². The van der Waals surface area contributed by atoms with Crippen molar-refractivity contribution in [3.05, 3.63) is 86.4 Å². The van der Waals surface area contributed by atoms with E-state index in [0.29, 0.717) is 6.61 Å². The number of nitrogens with zero attached hydrogens (tertiary/aromatic N) is 2. The van der Waals surface area contributed by atoms with Crippen LogP contribution >= 0.6 is 34.2 Å². The van der Waals surface area contributed by atoms with Crippen molar-refractivity contribution >= 4 is 51.8 Å². The number of anilines is 1. The van der Waals surface area contributed by atoms with Crippen LogP contribution in [0.5, 0.6) is 5.75 Å². The molecule has 1 aliphatic heterocycles. The maximum Gasteiger partial charge on any atom is 0.133 e. The largest absolute Gasteiger partial charge is 0.488 e. The summed E-state index contributed by atoms with van der Waals surface area (Å²) in [6.07, 6.45) is 1.88. The van der Waals surface area contributed by atoms with Crippen molar-refractivity contribution in [3.63, 3.8) is 0 Å². The van der Waals surface area contributed by atoms with Crippen molar-refractivity contribution in [2.45, 2.75) is 6.61 Å². The number of hydrogen-bond acceptors (Lipinski definition) is 4. The lowest BCUT2D eigenvalue weighted by Gasteiger charge is -2.28. The lowest BCUT2D eigenvalue weighted by molar-refractivity contribution is 0.122. The van der Waals surface area contributed by atoms with E-state index in [1.54, 1.807) is 0 Å². The van der Waals surface area contributed by atoms with E-state index in [1.807, 2.05) is 54.7 Å². The highest BCUT2D eigenvalue weighted by Gasteiger charge is 2.10. The highest BCUT2D eigenvalue weighted by Crippen LogP contribution is 2.25. The Morgan fingerprint density at radius 2 is 1.80 bits per heavy atom. The second-order valence-corrected chi connectivity index (χ2v) is 8.51. The Labute approximate surface area is 195 Å². The second kappa shape index (κ2) is 10.3. The molecule has 0 bridgehead atoms. The number of rotatable bonds is 6. The molecule has 0 N–H and O–H groups in total. The molecule has 0 aromatic heterocycles. The molecule has 30 heavy (non-hydrogen) atoms. The van der Waals surface area contributed by atoms with Gasteiger partial charge in [0.2, 0.25) is 0 Å². The van der Waals surface area contributed by atoms with Gasteiger partial charge in [0.25, 0.3) is 0 Å². The van der Waals surface area contributed by atoms with Crippen LogP contribution < -0.4 is 9.64 Å². The second-order valence-electron chi connectivity index (χ2n) is 6.94. The molecular weight excluding hydrogens is 511 g/mol. The topological polar surface area (TPSA) is 34.1 Å². The monoisotopic (exact) mass is 532 g/mol. The molecule has 0 atom stereocenters. The highest BCUT2D eigenvalue weighted by molar-refractivity contribution is 14.1. The first kappa shape index (κ1) is 21.2. The Morgan fingerprint density at radius 1 is 1.03 bits per heavy atom. The van der Waals surface area contributed by atoms with Gasteiger partial charge in [-0.2, -0.15) is 0 Å². The third kappa shape index (κ3) is 5.53. The van der Waals surface area contributed by atoms with Crippen molar-refractivity contribution in [3.8, 4) is 5.75 Å². The van der Waals surface area contributed by atoms with Gasteiger partial charge in [0.05, 0.1) is 22.5 Å². The Kier molecular flexibility index (Phi) is 7.25. The summed E-state index contributed by atoms with van der Waals surface area (Å²) in [4.78, 5) is 6.94. The fraction of sp³-hybridized carbons (Fsp3) is 0.208. The summed E-state index contributed by atoms with van der Waals surface area (Å²) in [7, 11) is 0. The van der Waals surface area contributed by atoms with Gasteiger partial charge in [0.1, 0.15) is 12.4 Å². The molecule has 0 unspecified atom stereocenters. The number of halogens is 2. The molecule has 4 nitrogen and oxygen atoms in total. The van der Waals surface area contributed by atoms with Gasteiger partial charge >= 0.3 is 0 Å². The minimum atomic E-state index is 0.443. The summed E-state index contributed by atoms with van der Waals surface area (Å²) < 4.78 is 12.4. The van der Waals surface area contributed by atoms with Crippen LogP contribution in [0.25, 0.3) is 0 Å². The maximum atomic E-state index is 6.20. The van der Waals surface area contributed by atoms with Gasteiger partial charge in [-0.3, -0.25) is 4.99 Å². The number of hydrogen-bond donors (Lipinski definition) is 0. The predicted molar refractivity (Wildman–Crippen MR) is 132 cm³/mol. The zero-order valence-electron chi connectivity index (χ0n) is 16.4. The molecule has 0 radical (unpaired) electrons. The molecule has 154 valence electrons. The van der Waals surface area contributed by atoms with Gasteiger partial charge in [-0.05, 0) is 76.7 Å². The van der Waals surface area contributed by atoms with E-state index in [9.17, 15) is 0 Å². The summed E-state index contributed by atoms with van der Waals surface area (Å²) in [6.45, 7) is 3.89. The Hall–Kier alpha value is -2.09.